The van der Waals surface area contributed by atoms with Gasteiger partial charge in [0.2, 0.25) is 0 Å². The first-order chi connectivity index (χ1) is 6.25. The highest BCUT2D eigenvalue weighted by Crippen LogP contribution is 2.08. The molecule has 0 saturated heterocycles. The lowest BCUT2D eigenvalue weighted by Crippen LogP contribution is -3.00. The maximum Gasteiger partial charge on any atom is 0.253 e. The first kappa shape index (κ1) is 13.8. The van der Waals surface area contributed by atoms with Crippen molar-refractivity contribution in [1.29, 1.82) is 0 Å². The van der Waals surface area contributed by atoms with E-state index in [1.165, 1.54) is 24.4 Å². The fourth-order valence-electron chi connectivity index (χ4n) is 1.14. The van der Waals surface area contributed by atoms with E-state index in [0.717, 1.165) is 5.88 Å². The molecule has 0 amide bonds. The quantitative estimate of drug-likeness (QED) is 0.475. The minimum atomic E-state index is 0. The number of rotatable bonds is 5. The fraction of sp³-hybridized carbons (Fsp3) is 0.700. The number of nitrogens with zero attached hydrogens (tertiary/aromatic N) is 2. The predicted molar refractivity (Wildman–Crippen MR) is 57.7 cm³/mol. The van der Waals surface area contributed by atoms with Crippen molar-refractivity contribution < 1.29 is 17.0 Å². The lowest BCUT2D eigenvalue weighted by atomic mass is 10.4. The Labute approximate surface area is 97.1 Å². The number of hydrogen-bond donors (Lipinski definition) is 0. The Kier molecular flexibility index (Phi) is 7.11. The molecule has 0 unspecified atom stereocenters. The van der Waals surface area contributed by atoms with Crippen LogP contribution in [0.1, 0.15) is 25.6 Å². The normalized spacial score (nSPS) is 9.93. The number of hydrogen-bond acceptors (Lipinski definition) is 1. The van der Waals surface area contributed by atoms with E-state index >= 15 is 0 Å². The van der Waals surface area contributed by atoms with Gasteiger partial charge in [-0.25, -0.2) is 9.13 Å². The molecule has 0 aliphatic rings. The van der Waals surface area contributed by atoms with Crippen LogP contribution in [0.5, 0.6) is 0 Å². The summed E-state index contributed by atoms with van der Waals surface area (Å²) in [5.74, 6) is 3.69. The van der Waals surface area contributed by atoms with Crippen LogP contribution in [0, 0.1) is 6.92 Å². The summed E-state index contributed by atoms with van der Waals surface area (Å²) in [5.41, 5.74) is 0. The van der Waals surface area contributed by atoms with Gasteiger partial charge in [0.15, 0.2) is 0 Å². The van der Waals surface area contributed by atoms with Crippen LogP contribution in [0.3, 0.4) is 0 Å². The van der Waals surface area contributed by atoms with Crippen molar-refractivity contribution in [2.75, 3.05) is 5.75 Å². The molecule has 0 aliphatic carbocycles. The Morgan fingerprint density at radius 1 is 1.50 bits per heavy atom. The Hall–Kier alpha value is -0.150. The molecular weight excluding hydrogens is 216 g/mol. The van der Waals surface area contributed by atoms with Crippen LogP contribution < -0.4 is 17.0 Å². The van der Waals surface area contributed by atoms with Crippen molar-refractivity contribution in [3.8, 4) is 0 Å². The Morgan fingerprint density at radius 3 is 2.71 bits per heavy atom. The summed E-state index contributed by atoms with van der Waals surface area (Å²) < 4.78 is 4.45. The third-order valence-electron chi connectivity index (χ3n) is 2.27. The van der Waals surface area contributed by atoms with Crippen LogP contribution in [-0.4, -0.2) is 10.3 Å². The van der Waals surface area contributed by atoms with Gasteiger partial charge in [0.25, 0.3) is 5.82 Å². The highest BCUT2D eigenvalue weighted by Gasteiger charge is 2.07. The topological polar surface area (TPSA) is 8.81 Å². The van der Waals surface area contributed by atoms with Crippen molar-refractivity contribution >= 4 is 11.8 Å². The molecule has 0 aromatic carbocycles. The predicted octanol–water partition coefficient (Wildman–Crippen LogP) is -0.884. The molecular formula is C10H19ClN2S. The number of unbranched alkanes of at least 4 members (excludes halogenated alkanes) is 1. The van der Waals surface area contributed by atoms with Gasteiger partial charge in [-0.1, -0.05) is 13.3 Å². The molecule has 0 radical (unpaired) electrons. The maximum absolute atomic E-state index is 2.29. The highest BCUT2D eigenvalue weighted by atomic mass is 35.5. The van der Waals surface area contributed by atoms with Crippen LogP contribution in [0.25, 0.3) is 0 Å². The Morgan fingerprint density at radius 2 is 2.21 bits per heavy atom. The van der Waals surface area contributed by atoms with Crippen LogP contribution in [-0.2, 0) is 12.9 Å². The zero-order chi connectivity index (χ0) is 9.68. The van der Waals surface area contributed by atoms with E-state index in [1.807, 2.05) is 11.8 Å². The molecule has 14 heavy (non-hydrogen) atoms. The van der Waals surface area contributed by atoms with Gasteiger partial charge in [0.1, 0.15) is 18.3 Å². The molecule has 0 bridgehead atoms. The van der Waals surface area contributed by atoms with Crippen molar-refractivity contribution in [2.45, 2.75) is 32.6 Å². The lowest BCUT2D eigenvalue weighted by Gasteiger charge is -1.98. The molecule has 4 heteroatoms. The van der Waals surface area contributed by atoms with E-state index in [0.29, 0.717) is 0 Å². The molecule has 0 atom stereocenters. The molecule has 0 aliphatic heterocycles. The van der Waals surface area contributed by atoms with E-state index in [9.17, 15) is 0 Å². The van der Waals surface area contributed by atoms with E-state index in [-0.39, 0.29) is 12.4 Å². The first-order valence-corrected chi connectivity index (χ1v) is 6.00. The molecule has 1 aromatic heterocycles. The van der Waals surface area contributed by atoms with Crippen LogP contribution >= 0.6 is 11.8 Å². The lowest BCUT2D eigenvalue weighted by molar-refractivity contribution is -0.677. The minimum absolute atomic E-state index is 0. The van der Waals surface area contributed by atoms with Gasteiger partial charge in [-0.05, 0) is 12.2 Å². The van der Waals surface area contributed by atoms with Crippen molar-refractivity contribution in [2.24, 2.45) is 7.05 Å². The van der Waals surface area contributed by atoms with Crippen LogP contribution in [0.4, 0.5) is 0 Å². The van der Waals surface area contributed by atoms with Gasteiger partial charge in [0, 0.05) is 6.92 Å². The maximum atomic E-state index is 2.29. The minimum Gasteiger partial charge on any atom is -1.00 e. The van der Waals surface area contributed by atoms with Crippen molar-refractivity contribution in [1.82, 2.24) is 4.57 Å². The first-order valence-electron chi connectivity index (χ1n) is 4.84. The van der Waals surface area contributed by atoms with Crippen LogP contribution in [0.2, 0.25) is 0 Å². The zero-order valence-electron chi connectivity index (χ0n) is 9.16. The summed E-state index contributed by atoms with van der Waals surface area (Å²) in [7, 11) is 2.09. The van der Waals surface area contributed by atoms with E-state index in [2.05, 4.69) is 42.4 Å². The summed E-state index contributed by atoms with van der Waals surface area (Å²) in [5, 5.41) is 0. The number of imidazole rings is 1. The van der Waals surface area contributed by atoms with Gasteiger partial charge in [-0.15, -0.1) is 11.8 Å². The van der Waals surface area contributed by atoms with Gasteiger partial charge < -0.3 is 12.4 Å². The molecule has 0 fully saturated rings. The number of halogens is 1. The molecule has 0 spiro atoms. The Balaban J connectivity index is 0.00000169. The summed E-state index contributed by atoms with van der Waals surface area (Å²) in [4.78, 5) is 0. The molecule has 1 heterocycles. The molecule has 1 aromatic rings. The molecule has 0 saturated carbocycles. The number of aromatic nitrogens is 2. The smallest absolute Gasteiger partial charge is 0.253 e. The number of aryl methyl sites for hydroxylation is 1. The van der Waals surface area contributed by atoms with E-state index in [4.69, 9.17) is 0 Å². The number of thioether (sulfide) groups is 1. The van der Waals surface area contributed by atoms with Gasteiger partial charge >= 0.3 is 0 Å². The average molecular weight is 235 g/mol. The summed E-state index contributed by atoms with van der Waals surface area (Å²) >= 11 is 2.01. The molecule has 1 rings (SSSR count). The van der Waals surface area contributed by atoms with E-state index < -0.39 is 0 Å². The van der Waals surface area contributed by atoms with Gasteiger partial charge in [-0.3, -0.25) is 0 Å². The summed E-state index contributed by atoms with van der Waals surface area (Å²) in [6.07, 6.45) is 6.88. The summed E-state index contributed by atoms with van der Waals surface area (Å²) in [6, 6.07) is 0. The van der Waals surface area contributed by atoms with Gasteiger partial charge in [0.05, 0.1) is 7.05 Å². The van der Waals surface area contributed by atoms with Crippen LogP contribution in [0.15, 0.2) is 12.4 Å². The second kappa shape index (κ2) is 7.18. The molecule has 0 N–H and O–H groups in total. The zero-order valence-corrected chi connectivity index (χ0v) is 10.7. The monoisotopic (exact) mass is 234 g/mol. The molecule has 82 valence electrons. The Bertz CT molecular complexity index is 261. The second-order valence-electron chi connectivity index (χ2n) is 3.32. The third-order valence-corrected chi connectivity index (χ3v) is 3.31. The van der Waals surface area contributed by atoms with E-state index in [1.54, 1.807) is 0 Å². The average Bonchev–Trinajstić information content (AvgIpc) is 2.43. The largest absolute Gasteiger partial charge is 1.00 e. The van der Waals surface area contributed by atoms with Crippen molar-refractivity contribution in [3.63, 3.8) is 0 Å². The third kappa shape index (κ3) is 3.93. The SMILES string of the molecule is CCCCSCn1cc[n+](C)c1C.[Cl-]. The van der Waals surface area contributed by atoms with Gasteiger partial charge in [-0.2, -0.15) is 0 Å². The standard InChI is InChI=1S/C10H19N2S.ClH/c1-4-5-8-13-9-12-7-6-11(3)10(12)2;/h6-7H,4-5,8-9H2,1-3H3;1H/q+1;/p-1. The second-order valence-corrected chi connectivity index (χ2v) is 4.39. The highest BCUT2D eigenvalue weighted by molar-refractivity contribution is 7.98. The fourth-order valence-corrected chi connectivity index (χ4v) is 2.24. The molecule has 2 nitrogen and oxygen atoms in total. The van der Waals surface area contributed by atoms with Crippen molar-refractivity contribution in [3.05, 3.63) is 18.2 Å². The summed E-state index contributed by atoms with van der Waals surface area (Å²) in [6.45, 7) is 4.39.